The molecule has 2 aliphatic rings. The maximum atomic E-state index is 5.77. The Morgan fingerprint density at radius 2 is 2.12 bits per heavy atom. The number of rotatable bonds is 5. The lowest BCUT2D eigenvalue weighted by molar-refractivity contribution is 0.0558. The third-order valence-corrected chi connectivity index (χ3v) is 4.34. The Bertz CT molecular complexity index is 191. The van der Waals surface area contributed by atoms with Crippen LogP contribution >= 0.6 is 11.8 Å². The molecule has 16 heavy (non-hydrogen) atoms. The van der Waals surface area contributed by atoms with Gasteiger partial charge < -0.3 is 15.0 Å². The molecular weight excluding hydrogens is 220 g/mol. The highest BCUT2D eigenvalue weighted by atomic mass is 32.2. The molecule has 2 aliphatic heterocycles. The zero-order chi connectivity index (χ0) is 11.2. The molecule has 0 saturated carbocycles. The van der Waals surface area contributed by atoms with Crippen molar-refractivity contribution in [3.05, 3.63) is 0 Å². The van der Waals surface area contributed by atoms with Gasteiger partial charge in [0.1, 0.15) is 0 Å². The van der Waals surface area contributed by atoms with Crippen LogP contribution in [0.2, 0.25) is 0 Å². The van der Waals surface area contributed by atoms with Crippen LogP contribution in [0.3, 0.4) is 0 Å². The molecule has 2 atom stereocenters. The molecule has 2 fully saturated rings. The van der Waals surface area contributed by atoms with Gasteiger partial charge >= 0.3 is 0 Å². The molecule has 0 aromatic rings. The van der Waals surface area contributed by atoms with Crippen molar-refractivity contribution in [3.63, 3.8) is 0 Å². The van der Waals surface area contributed by atoms with E-state index in [0.717, 1.165) is 13.1 Å². The first-order valence-corrected chi connectivity index (χ1v) is 7.66. The SMILES string of the molecule is CC1CCC(CNCCN2CCSCC2)O1. The van der Waals surface area contributed by atoms with Crippen molar-refractivity contribution < 1.29 is 4.74 Å². The van der Waals surface area contributed by atoms with E-state index < -0.39 is 0 Å². The van der Waals surface area contributed by atoms with Gasteiger partial charge in [0.2, 0.25) is 0 Å². The van der Waals surface area contributed by atoms with Crippen LogP contribution in [0, 0.1) is 0 Å². The minimum Gasteiger partial charge on any atom is -0.374 e. The first-order valence-electron chi connectivity index (χ1n) is 6.51. The summed E-state index contributed by atoms with van der Waals surface area (Å²) in [5.41, 5.74) is 0. The Hall–Kier alpha value is 0.230. The Balaban J connectivity index is 1.48. The van der Waals surface area contributed by atoms with Crippen molar-refractivity contribution in [2.24, 2.45) is 0 Å². The maximum Gasteiger partial charge on any atom is 0.0704 e. The van der Waals surface area contributed by atoms with E-state index >= 15 is 0 Å². The van der Waals surface area contributed by atoms with Gasteiger partial charge in [-0.3, -0.25) is 0 Å². The second-order valence-electron chi connectivity index (χ2n) is 4.80. The number of hydrogen-bond donors (Lipinski definition) is 1. The van der Waals surface area contributed by atoms with Crippen LogP contribution in [0.25, 0.3) is 0 Å². The molecule has 3 nitrogen and oxygen atoms in total. The fourth-order valence-corrected chi connectivity index (χ4v) is 3.34. The van der Waals surface area contributed by atoms with Crippen LogP contribution in [0.15, 0.2) is 0 Å². The molecule has 0 amide bonds. The molecule has 0 aliphatic carbocycles. The quantitative estimate of drug-likeness (QED) is 0.734. The molecular formula is C12H24N2OS. The molecule has 2 saturated heterocycles. The average Bonchev–Trinajstić information content (AvgIpc) is 2.72. The molecule has 4 heteroatoms. The highest BCUT2D eigenvalue weighted by molar-refractivity contribution is 7.99. The van der Waals surface area contributed by atoms with Gasteiger partial charge in [0.05, 0.1) is 12.2 Å². The highest BCUT2D eigenvalue weighted by Gasteiger charge is 2.20. The van der Waals surface area contributed by atoms with Gasteiger partial charge in [0.25, 0.3) is 0 Å². The number of thioether (sulfide) groups is 1. The first-order chi connectivity index (χ1) is 7.84. The normalized spacial score (nSPS) is 32.1. The lowest BCUT2D eigenvalue weighted by Gasteiger charge is -2.26. The van der Waals surface area contributed by atoms with Crippen LogP contribution in [0.1, 0.15) is 19.8 Å². The van der Waals surface area contributed by atoms with Gasteiger partial charge in [-0.1, -0.05) is 0 Å². The average molecular weight is 244 g/mol. The third-order valence-electron chi connectivity index (χ3n) is 3.40. The van der Waals surface area contributed by atoms with Gasteiger partial charge in [0, 0.05) is 44.2 Å². The Morgan fingerprint density at radius 1 is 1.31 bits per heavy atom. The highest BCUT2D eigenvalue weighted by Crippen LogP contribution is 2.18. The van der Waals surface area contributed by atoms with Crippen molar-refractivity contribution in [2.45, 2.75) is 32.0 Å². The minimum atomic E-state index is 0.465. The number of hydrogen-bond acceptors (Lipinski definition) is 4. The first kappa shape index (κ1) is 12.7. The molecule has 0 aromatic carbocycles. The van der Waals surface area contributed by atoms with Gasteiger partial charge in [-0.15, -0.1) is 0 Å². The molecule has 94 valence electrons. The summed E-state index contributed by atoms with van der Waals surface area (Å²) in [5, 5.41) is 3.52. The van der Waals surface area contributed by atoms with Crippen LogP contribution in [-0.4, -0.2) is 61.3 Å². The van der Waals surface area contributed by atoms with Crippen LogP contribution < -0.4 is 5.32 Å². The van der Waals surface area contributed by atoms with E-state index in [-0.39, 0.29) is 0 Å². The summed E-state index contributed by atoms with van der Waals surface area (Å²) in [6.07, 6.45) is 3.40. The van der Waals surface area contributed by atoms with E-state index in [1.165, 1.54) is 44.0 Å². The Kier molecular flexibility index (Phi) is 5.42. The van der Waals surface area contributed by atoms with Crippen molar-refractivity contribution in [2.75, 3.05) is 44.2 Å². The zero-order valence-electron chi connectivity index (χ0n) is 10.3. The number of ether oxygens (including phenoxy) is 1. The lowest BCUT2D eigenvalue weighted by Crippen LogP contribution is -2.39. The van der Waals surface area contributed by atoms with E-state index in [9.17, 15) is 0 Å². The van der Waals surface area contributed by atoms with E-state index in [1.54, 1.807) is 0 Å². The summed E-state index contributed by atoms with van der Waals surface area (Å²) in [4.78, 5) is 2.56. The summed E-state index contributed by atoms with van der Waals surface area (Å²) in [6, 6.07) is 0. The third kappa shape index (κ3) is 4.24. The van der Waals surface area contributed by atoms with E-state index in [1.807, 2.05) is 0 Å². The molecule has 1 N–H and O–H groups in total. The smallest absolute Gasteiger partial charge is 0.0704 e. The van der Waals surface area contributed by atoms with Crippen molar-refractivity contribution in [1.29, 1.82) is 0 Å². The fraction of sp³-hybridized carbons (Fsp3) is 1.00. The summed E-state index contributed by atoms with van der Waals surface area (Å²) in [5.74, 6) is 2.62. The molecule has 0 aromatic heterocycles. The van der Waals surface area contributed by atoms with Gasteiger partial charge in [-0.25, -0.2) is 0 Å². The topological polar surface area (TPSA) is 24.5 Å². The standard InChI is InChI=1S/C12H24N2OS/c1-11-2-3-12(15-11)10-13-4-5-14-6-8-16-9-7-14/h11-13H,2-10H2,1H3. The minimum absolute atomic E-state index is 0.465. The summed E-state index contributed by atoms with van der Waals surface area (Å²) >= 11 is 2.08. The second kappa shape index (κ2) is 6.84. The fourth-order valence-electron chi connectivity index (χ4n) is 2.36. The van der Waals surface area contributed by atoms with Crippen molar-refractivity contribution in [1.82, 2.24) is 10.2 Å². The van der Waals surface area contributed by atoms with E-state index in [2.05, 4.69) is 28.9 Å². The second-order valence-corrected chi connectivity index (χ2v) is 6.03. The van der Waals surface area contributed by atoms with Crippen molar-refractivity contribution in [3.8, 4) is 0 Å². The van der Waals surface area contributed by atoms with Gasteiger partial charge in [-0.05, 0) is 19.8 Å². The van der Waals surface area contributed by atoms with Crippen molar-refractivity contribution >= 4 is 11.8 Å². The summed E-state index contributed by atoms with van der Waals surface area (Å²) < 4.78 is 5.77. The largest absolute Gasteiger partial charge is 0.374 e. The Morgan fingerprint density at radius 3 is 2.81 bits per heavy atom. The molecule has 0 spiro atoms. The maximum absolute atomic E-state index is 5.77. The van der Waals surface area contributed by atoms with Crippen LogP contribution in [0.4, 0.5) is 0 Å². The Labute approximate surface area is 103 Å². The van der Waals surface area contributed by atoms with E-state index in [0.29, 0.717) is 12.2 Å². The summed E-state index contributed by atoms with van der Waals surface area (Å²) in [7, 11) is 0. The van der Waals surface area contributed by atoms with E-state index in [4.69, 9.17) is 4.74 Å². The van der Waals surface area contributed by atoms with Gasteiger partial charge in [-0.2, -0.15) is 11.8 Å². The summed E-state index contributed by atoms with van der Waals surface area (Å²) in [6.45, 7) is 8.05. The monoisotopic (exact) mass is 244 g/mol. The molecule has 2 heterocycles. The van der Waals surface area contributed by atoms with Gasteiger partial charge in [0.15, 0.2) is 0 Å². The predicted octanol–water partition coefficient (Wildman–Crippen LogP) is 1.19. The number of nitrogens with one attached hydrogen (secondary N) is 1. The lowest BCUT2D eigenvalue weighted by atomic mass is 10.2. The molecule has 2 unspecified atom stereocenters. The van der Waals surface area contributed by atoms with Crippen LogP contribution in [-0.2, 0) is 4.74 Å². The zero-order valence-corrected chi connectivity index (χ0v) is 11.1. The molecule has 0 radical (unpaired) electrons. The molecule has 0 bridgehead atoms. The predicted molar refractivity (Wildman–Crippen MR) is 70.2 cm³/mol. The number of nitrogens with zero attached hydrogens (tertiary/aromatic N) is 1. The molecule has 2 rings (SSSR count). The van der Waals surface area contributed by atoms with Crippen LogP contribution in [0.5, 0.6) is 0 Å².